The molecule has 0 aliphatic carbocycles. The van der Waals surface area contributed by atoms with Gasteiger partial charge in [0.2, 0.25) is 5.91 Å². The van der Waals surface area contributed by atoms with Crippen molar-refractivity contribution in [1.82, 2.24) is 4.90 Å². The number of hydrogen-bond acceptors (Lipinski definition) is 2. The van der Waals surface area contributed by atoms with Crippen molar-refractivity contribution in [3.05, 3.63) is 29.8 Å². The second-order valence-electron chi connectivity index (χ2n) is 5.97. The van der Waals surface area contributed by atoms with Gasteiger partial charge < -0.3 is 10.6 Å². The van der Waals surface area contributed by atoms with E-state index >= 15 is 0 Å². The largest absolute Gasteiger partial charge is 0.399 e. The number of nitrogens with zero attached hydrogens (tertiary/aromatic N) is 1. The minimum Gasteiger partial charge on any atom is -0.399 e. The summed E-state index contributed by atoms with van der Waals surface area (Å²) in [6.07, 6.45) is 4.79. The van der Waals surface area contributed by atoms with Gasteiger partial charge in [-0.05, 0) is 42.7 Å². The SMILES string of the molecule is CCC1(CC)CCN(C(=O)CCc2ccccc2N)C1. The Morgan fingerprint density at radius 3 is 2.60 bits per heavy atom. The molecule has 3 nitrogen and oxygen atoms in total. The van der Waals surface area contributed by atoms with Crippen molar-refractivity contribution in [3.8, 4) is 0 Å². The Labute approximate surface area is 122 Å². The van der Waals surface area contributed by atoms with Crippen molar-refractivity contribution in [2.75, 3.05) is 18.8 Å². The highest BCUT2D eigenvalue weighted by atomic mass is 16.2. The normalized spacial score (nSPS) is 17.4. The summed E-state index contributed by atoms with van der Waals surface area (Å²) >= 11 is 0. The molecule has 110 valence electrons. The van der Waals surface area contributed by atoms with E-state index in [1.54, 1.807) is 0 Å². The van der Waals surface area contributed by atoms with Gasteiger partial charge in [0, 0.05) is 25.2 Å². The molecule has 1 saturated heterocycles. The summed E-state index contributed by atoms with van der Waals surface area (Å²) in [5.74, 6) is 0.275. The Hall–Kier alpha value is -1.51. The van der Waals surface area contributed by atoms with Crippen molar-refractivity contribution in [2.45, 2.75) is 46.0 Å². The minimum atomic E-state index is 0.275. The molecule has 0 atom stereocenters. The molecule has 0 saturated carbocycles. The van der Waals surface area contributed by atoms with Crippen LogP contribution in [0.1, 0.15) is 45.1 Å². The fourth-order valence-electron chi connectivity index (χ4n) is 3.14. The van der Waals surface area contributed by atoms with E-state index in [0.29, 0.717) is 11.8 Å². The predicted molar refractivity (Wildman–Crippen MR) is 83.4 cm³/mol. The number of likely N-dealkylation sites (tertiary alicyclic amines) is 1. The minimum absolute atomic E-state index is 0.275. The zero-order valence-electron chi connectivity index (χ0n) is 12.7. The lowest BCUT2D eigenvalue weighted by Crippen LogP contribution is -2.31. The first-order valence-corrected chi connectivity index (χ1v) is 7.71. The van der Waals surface area contributed by atoms with Crippen LogP contribution in [0.4, 0.5) is 5.69 Å². The van der Waals surface area contributed by atoms with Crippen LogP contribution in [0.3, 0.4) is 0 Å². The molecule has 0 radical (unpaired) electrons. The highest BCUT2D eigenvalue weighted by Crippen LogP contribution is 2.37. The number of para-hydroxylation sites is 1. The average Bonchev–Trinajstić information content (AvgIpc) is 2.91. The smallest absolute Gasteiger partial charge is 0.222 e. The van der Waals surface area contributed by atoms with Gasteiger partial charge in [-0.2, -0.15) is 0 Å². The molecule has 2 rings (SSSR count). The fraction of sp³-hybridized carbons (Fsp3) is 0.588. The summed E-state index contributed by atoms with van der Waals surface area (Å²) in [5, 5.41) is 0. The molecule has 1 aromatic carbocycles. The summed E-state index contributed by atoms with van der Waals surface area (Å²) in [6, 6.07) is 7.81. The van der Waals surface area contributed by atoms with Crippen LogP contribution in [0, 0.1) is 5.41 Å². The molecule has 0 bridgehead atoms. The van der Waals surface area contributed by atoms with Crippen molar-refractivity contribution >= 4 is 11.6 Å². The van der Waals surface area contributed by atoms with Crippen LogP contribution in [0.5, 0.6) is 0 Å². The summed E-state index contributed by atoms with van der Waals surface area (Å²) in [6.45, 7) is 6.33. The van der Waals surface area contributed by atoms with Gasteiger partial charge in [-0.15, -0.1) is 0 Å². The number of amides is 1. The van der Waals surface area contributed by atoms with Gasteiger partial charge in [0.15, 0.2) is 0 Å². The van der Waals surface area contributed by atoms with Crippen molar-refractivity contribution < 1.29 is 4.79 Å². The summed E-state index contributed by atoms with van der Waals surface area (Å²) in [5.41, 5.74) is 8.15. The third-order valence-corrected chi connectivity index (χ3v) is 4.95. The van der Waals surface area contributed by atoms with Gasteiger partial charge >= 0.3 is 0 Å². The summed E-state index contributed by atoms with van der Waals surface area (Å²) in [7, 11) is 0. The quantitative estimate of drug-likeness (QED) is 0.838. The molecule has 1 heterocycles. The molecule has 3 heteroatoms. The maximum atomic E-state index is 12.3. The van der Waals surface area contributed by atoms with Crippen LogP contribution in [0.2, 0.25) is 0 Å². The van der Waals surface area contributed by atoms with E-state index in [9.17, 15) is 4.79 Å². The van der Waals surface area contributed by atoms with Crippen LogP contribution < -0.4 is 5.73 Å². The number of anilines is 1. The third kappa shape index (κ3) is 3.14. The van der Waals surface area contributed by atoms with Gasteiger partial charge in [0.05, 0.1) is 0 Å². The maximum absolute atomic E-state index is 12.3. The van der Waals surface area contributed by atoms with Gasteiger partial charge in [0.1, 0.15) is 0 Å². The Bertz CT molecular complexity index is 466. The zero-order chi connectivity index (χ0) is 14.6. The van der Waals surface area contributed by atoms with Gasteiger partial charge in [-0.1, -0.05) is 32.0 Å². The standard InChI is InChI=1S/C17H26N2O/c1-3-17(4-2)11-12-19(13-17)16(20)10-9-14-7-5-6-8-15(14)18/h5-8H,3-4,9-13,18H2,1-2H3. The van der Waals surface area contributed by atoms with Crippen molar-refractivity contribution in [3.63, 3.8) is 0 Å². The molecule has 20 heavy (non-hydrogen) atoms. The zero-order valence-corrected chi connectivity index (χ0v) is 12.7. The molecule has 1 aliphatic heterocycles. The third-order valence-electron chi connectivity index (χ3n) is 4.95. The first kappa shape index (κ1) is 14.9. The highest BCUT2D eigenvalue weighted by molar-refractivity contribution is 5.77. The molecular weight excluding hydrogens is 248 g/mol. The number of carbonyl (C=O) groups excluding carboxylic acids is 1. The lowest BCUT2D eigenvalue weighted by Gasteiger charge is -2.26. The van der Waals surface area contributed by atoms with E-state index in [1.807, 2.05) is 29.2 Å². The lowest BCUT2D eigenvalue weighted by molar-refractivity contribution is -0.130. The summed E-state index contributed by atoms with van der Waals surface area (Å²) < 4.78 is 0. The van der Waals surface area contributed by atoms with E-state index in [0.717, 1.165) is 37.2 Å². The van der Waals surface area contributed by atoms with Crippen LogP contribution in [-0.2, 0) is 11.2 Å². The molecule has 1 amide bonds. The molecule has 1 aromatic rings. The second-order valence-corrected chi connectivity index (χ2v) is 5.97. The first-order valence-electron chi connectivity index (χ1n) is 7.71. The van der Waals surface area contributed by atoms with Crippen molar-refractivity contribution in [1.29, 1.82) is 0 Å². The van der Waals surface area contributed by atoms with Gasteiger partial charge in [-0.25, -0.2) is 0 Å². The molecule has 0 unspecified atom stereocenters. The summed E-state index contributed by atoms with van der Waals surface area (Å²) in [4.78, 5) is 14.4. The Kier molecular flexibility index (Phi) is 4.69. The number of nitrogens with two attached hydrogens (primary N) is 1. The molecule has 1 aliphatic rings. The first-order chi connectivity index (χ1) is 9.60. The van der Waals surface area contributed by atoms with Crippen LogP contribution in [-0.4, -0.2) is 23.9 Å². The van der Waals surface area contributed by atoms with E-state index in [2.05, 4.69) is 13.8 Å². The molecule has 0 spiro atoms. The number of aryl methyl sites for hydroxylation is 1. The predicted octanol–water partition coefficient (Wildman–Crippen LogP) is 3.24. The van der Waals surface area contributed by atoms with E-state index in [-0.39, 0.29) is 5.91 Å². The Morgan fingerprint density at radius 1 is 1.30 bits per heavy atom. The fourth-order valence-corrected chi connectivity index (χ4v) is 3.14. The van der Waals surface area contributed by atoms with Crippen LogP contribution in [0.15, 0.2) is 24.3 Å². The van der Waals surface area contributed by atoms with E-state index in [1.165, 1.54) is 12.8 Å². The Morgan fingerprint density at radius 2 is 2.00 bits per heavy atom. The monoisotopic (exact) mass is 274 g/mol. The van der Waals surface area contributed by atoms with Gasteiger partial charge in [0.25, 0.3) is 0 Å². The molecular formula is C17H26N2O. The number of hydrogen-bond donors (Lipinski definition) is 1. The Balaban J connectivity index is 1.89. The molecule has 2 N–H and O–H groups in total. The number of nitrogen functional groups attached to an aromatic ring is 1. The highest BCUT2D eigenvalue weighted by Gasteiger charge is 2.36. The average molecular weight is 274 g/mol. The lowest BCUT2D eigenvalue weighted by atomic mass is 9.82. The molecule has 1 fully saturated rings. The number of rotatable bonds is 5. The molecule has 0 aromatic heterocycles. The number of benzene rings is 1. The van der Waals surface area contributed by atoms with Crippen LogP contribution in [0.25, 0.3) is 0 Å². The van der Waals surface area contributed by atoms with Crippen molar-refractivity contribution in [2.24, 2.45) is 5.41 Å². The topological polar surface area (TPSA) is 46.3 Å². The van der Waals surface area contributed by atoms with E-state index in [4.69, 9.17) is 5.73 Å². The van der Waals surface area contributed by atoms with Gasteiger partial charge in [-0.3, -0.25) is 4.79 Å². The number of carbonyl (C=O) groups is 1. The van der Waals surface area contributed by atoms with Crippen LogP contribution >= 0.6 is 0 Å². The second kappa shape index (κ2) is 6.29. The van der Waals surface area contributed by atoms with E-state index < -0.39 is 0 Å². The maximum Gasteiger partial charge on any atom is 0.222 e.